The summed E-state index contributed by atoms with van der Waals surface area (Å²) in [7, 11) is -2.87. The third-order valence-corrected chi connectivity index (χ3v) is 11.8. The highest BCUT2D eigenvalue weighted by Crippen LogP contribution is 2.31. The second-order valence-corrected chi connectivity index (χ2v) is 14.3. The van der Waals surface area contributed by atoms with Gasteiger partial charge in [-0.25, -0.2) is 0 Å². The molecular weight excluding hydrogens is 517 g/mol. The van der Waals surface area contributed by atoms with E-state index in [0.29, 0.717) is 13.2 Å². The number of hydrogen-bond acceptors (Lipinski definition) is 2. The second-order valence-electron chi connectivity index (χ2n) is 10.9. The predicted molar refractivity (Wildman–Crippen MR) is 174 cm³/mol. The summed E-state index contributed by atoms with van der Waals surface area (Å²) in [5.74, 6) is 0. The molecule has 0 saturated carbocycles. The van der Waals surface area contributed by atoms with Crippen molar-refractivity contribution in [1.82, 2.24) is 0 Å². The van der Waals surface area contributed by atoms with Crippen LogP contribution in [0.25, 0.3) is 0 Å². The highest BCUT2D eigenvalue weighted by atomic mass is 28.4. The molecule has 0 aliphatic carbocycles. The van der Waals surface area contributed by atoms with Crippen LogP contribution in [0.1, 0.15) is 24.5 Å². The molecule has 5 rings (SSSR count). The van der Waals surface area contributed by atoms with Crippen molar-refractivity contribution in [2.75, 3.05) is 19.8 Å². The van der Waals surface area contributed by atoms with Crippen molar-refractivity contribution in [3.63, 3.8) is 0 Å². The van der Waals surface area contributed by atoms with Gasteiger partial charge in [0.2, 0.25) is 0 Å². The minimum absolute atomic E-state index is 0.255. The Bertz CT molecular complexity index is 1290. The van der Waals surface area contributed by atoms with E-state index in [1.54, 1.807) is 0 Å². The standard InChI is InChI=1S/C38H40O2Si/c1-2-28-39-31-38(29-33-18-8-3-9-19-33,30-34-20-10-4-11-21-34)32-40-41(35-22-12-5-13-23-35,36-24-14-6-15-25-36)37-26-16-7-17-27-37/h3-27H,2,28-32H2,1H3. The van der Waals surface area contributed by atoms with E-state index >= 15 is 0 Å². The zero-order valence-electron chi connectivity index (χ0n) is 24.0. The fraction of sp³-hybridized carbons (Fsp3) is 0.211. The van der Waals surface area contributed by atoms with Crippen LogP contribution in [0.2, 0.25) is 0 Å². The van der Waals surface area contributed by atoms with Crippen molar-refractivity contribution in [1.29, 1.82) is 0 Å². The van der Waals surface area contributed by atoms with Crippen LogP contribution in [0.4, 0.5) is 0 Å². The Morgan fingerprint density at radius 3 is 1.22 bits per heavy atom. The molecule has 3 heteroatoms. The van der Waals surface area contributed by atoms with E-state index in [-0.39, 0.29) is 5.41 Å². The quantitative estimate of drug-likeness (QED) is 0.0875. The fourth-order valence-corrected chi connectivity index (χ4v) is 9.84. The minimum Gasteiger partial charge on any atom is -0.404 e. The third-order valence-electron chi connectivity index (χ3n) is 7.74. The smallest absolute Gasteiger partial charge is 0.288 e. The lowest BCUT2D eigenvalue weighted by Crippen LogP contribution is -2.70. The van der Waals surface area contributed by atoms with Gasteiger partial charge in [0.25, 0.3) is 8.32 Å². The topological polar surface area (TPSA) is 18.5 Å². The molecule has 0 spiro atoms. The van der Waals surface area contributed by atoms with Crippen LogP contribution in [0, 0.1) is 5.41 Å². The van der Waals surface area contributed by atoms with Crippen LogP contribution < -0.4 is 15.6 Å². The van der Waals surface area contributed by atoms with Crippen LogP contribution in [0.5, 0.6) is 0 Å². The molecule has 0 unspecified atom stereocenters. The van der Waals surface area contributed by atoms with Crippen LogP contribution in [0.15, 0.2) is 152 Å². The van der Waals surface area contributed by atoms with Gasteiger partial charge in [-0.3, -0.25) is 0 Å². The van der Waals surface area contributed by atoms with Gasteiger partial charge in [0.05, 0.1) is 6.61 Å². The normalized spacial score (nSPS) is 11.8. The maximum absolute atomic E-state index is 7.59. The van der Waals surface area contributed by atoms with Gasteiger partial charge < -0.3 is 9.16 Å². The van der Waals surface area contributed by atoms with Crippen LogP contribution in [-0.4, -0.2) is 28.1 Å². The molecule has 5 aromatic rings. The number of benzene rings is 5. The molecule has 0 saturated heterocycles. The molecule has 208 valence electrons. The molecular formula is C38H40O2Si. The first kappa shape index (κ1) is 28.8. The van der Waals surface area contributed by atoms with Crippen molar-refractivity contribution in [2.45, 2.75) is 26.2 Å². The minimum atomic E-state index is -2.87. The third kappa shape index (κ3) is 7.12. The van der Waals surface area contributed by atoms with Gasteiger partial charge in [-0.2, -0.15) is 0 Å². The first-order valence-corrected chi connectivity index (χ1v) is 16.6. The van der Waals surface area contributed by atoms with Crippen molar-refractivity contribution in [3.8, 4) is 0 Å². The molecule has 0 heterocycles. The van der Waals surface area contributed by atoms with E-state index in [4.69, 9.17) is 9.16 Å². The summed E-state index contributed by atoms with van der Waals surface area (Å²) in [6.45, 7) is 4.12. The van der Waals surface area contributed by atoms with E-state index in [0.717, 1.165) is 25.9 Å². The molecule has 0 fully saturated rings. The predicted octanol–water partition coefficient (Wildman–Crippen LogP) is 6.57. The van der Waals surface area contributed by atoms with Gasteiger partial charge >= 0.3 is 0 Å². The lowest BCUT2D eigenvalue weighted by atomic mass is 9.78. The average Bonchev–Trinajstić information content (AvgIpc) is 3.04. The van der Waals surface area contributed by atoms with E-state index in [9.17, 15) is 0 Å². The van der Waals surface area contributed by atoms with Crippen LogP contribution in [-0.2, 0) is 22.0 Å². The highest BCUT2D eigenvalue weighted by Gasteiger charge is 2.44. The number of rotatable bonds is 14. The molecule has 0 atom stereocenters. The highest BCUT2D eigenvalue weighted by molar-refractivity contribution is 7.07. The zero-order chi connectivity index (χ0) is 28.2. The summed E-state index contributed by atoms with van der Waals surface area (Å²) in [4.78, 5) is 0. The summed E-state index contributed by atoms with van der Waals surface area (Å²) < 4.78 is 14.0. The van der Waals surface area contributed by atoms with Gasteiger partial charge in [0.1, 0.15) is 0 Å². The molecule has 2 nitrogen and oxygen atoms in total. The largest absolute Gasteiger partial charge is 0.404 e. The van der Waals surface area contributed by atoms with Gasteiger partial charge in [-0.1, -0.05) is 159 Å². The van der Waals surface area contributed by atoms with Crippen LogP contribution in [0.3, 0.4) is 0 Å². The monoisotopic (exact) mass is 556 g/mol. The van der Waals surface area contributed by atoms with Crippen LogP contribution >= 0.6 is 0 Å². The van der Waals surface area contributed by atoms with Crippen molar-refractivity contribution in [2.24, 2.45) is 5.41 Å². The van der Waals surface area contributed by atoms with Crippen molar-refractivity contribution >= 4 is 23.9 Å². The van der Waals surface area contributed by atoms with Gasteiger partial charge in [-0.05, 0) is 45.9 Å². The summed E-state index contributed by atoms with van der Waals surface area (Å²) in [5.41, 5.74) is 2.35. The maximum Gasteiger partial charge on any atom is 0.288 e. The van der Waals surface area contributed by atoms with Gasteiger partial charge in [0, 0.05) is 18.6 Å². The Hall–Kier alpha value is -3.76. The Balaban J connectivity index is 1.64. The average molecular weight is 557 g/mol. The van der Waals surface area contributed by atoms with Crippen molar-refractivity contribution < 1.29 is 9.16 Å². The molecule has 0 bridgehead atoms. The fourth-order valence-electron chi connectivity index (χ4n) is 5.83. The molecule has 0 N–H and O–H groups in total. The molecule has 0 aliphatic rings. The van der Waals surface area contributed by atoms with Gasteiger partial charge in [0.15, 0.2) is 0 Å². The Morgan fingerprint density at radius 2 is 0.854 bits per heavy atom. The lowest BCUT2D eigenvalue weighted by molar-refractivity contribution is 0.0125. The molecule has 0 amide bonds. The summed E-state index contributed by atoms with van der Waals surface area (Å²) in [6.07, 6.45) is 2.73. The molecule has 0 radical (unpaired) electrons. The number of ether oxygens (including phenoxy) is 1. The zero-order valence-corrected chi connectivity index (χ0v) is 25.0. The maximum atomic E-state index is 7.59. The van der Waals surface area contributed by atoms with Crippen molar-refractivity contribution in [3.05, 3.63) is 163 Å². The van der Waals surface area contributed by atoms with E-state index in [2.05, 4.69) is 159 Å². The SMILES string of the molecule is CCCOCC(CO[Si](c1ccccc1)(c1ccccc1)c1ccccc1)(Cc1ccccc1)Cc1ccccc1. The first-order chi connectivity index (χ1) is 20.2. The summed E-state index contributed by atoms with van der Waals surface area (Å²) in [5, 5.41) is 3.75. The Morgan fingerprint density at radius 1 is 0.488 bits per heavy atom. The first-order valence-electron chi connectivity index (χ1n) is 14.7. The summed E-state index contributed by atoms with van der Waals surface area (Å²) in [6, 6.07) is 54.2. The molecule has 41 heavy (non-hydrogen) atoms. The Labute approximate surface area is 246 Å². The van der Waals surface area contributed by atoms with E-state index < -0.39 is 8.32 Å². The summed E-state index contributed by atoms with van der Waals surface area (Å²) >= 11 is 0. The lowest BCUT2D eigenvalue weighted by Gasteiger charge is -2.40. The van der Waals surface area contributed by atoms with E-state index in [1.807, 2.05) is 0 Å². The Kier molecular flexibility index (Phi) is 9.98. The number of hydrogen-bond donors (Lipinski definition) is 0. The second kappa shape index (κ2) is 14.2. The van der Waals surface area contributed by atoms with Gasteiger partial charge in [-0.15, -0.1) is 0 Å². The molecule has 0 aromatic heterocycles. The van der Waals surface area contributed by atoms with E-state index in [1.165, 1.54) is 26.7 Å². The molecule has 5 aromatic carbocycles. The molecule has 0 aliphatic heterocycles.